The largest absolute Gasteiger partial charge is 0.342 e. The molecule has 4 nitrogen and oxygen atoms in total. The second kappa shape index (κ2) is 3.82. The number of aromatic nitrogens is 2. The summed E-state index contributed by atoms with van der Waals surface area (Å²) in [5, 5.41) is 12.6. The topological polar surface area (TPSA) is 64.5 Å². The van der Waals surface area contributed by atoms with E-state index in [0.717, 1.165) is 35.3 Å². The normalized spacial score (nSPS) is 18.5. The van der Waals surface area contributed by atoms with Crippen molar-refractivity contribution in [3.05, 3.63) is 29.6 Å². The van der Waals surface area contributed by atoms with Gasteiger partial charge in [0, 0.05) is 0 Å². The van der Waals surface area contributed by atoms with Crippen LogP contribution in [0.5, 0.6) is 0 Å². The zero-order chi connectivity index (χ0) is 12.8. The van der Waals surface area contributed by atoms with Gasteiger partial charge in [-0.25, -0.2) is 4.98 Å². The fraction of sp³-hybridized carbons (Fsp3) is 0.429. The summed E-state index contributed by atoms with van der Waals surface area (Å²) in [7, 11) is 1.92. The highest BCUT2D eigenvalue weighted by molar-refractivity contribution is 5.76. The van der Waals surface area contributed by atoms with Gasteiger partial charge in [0.2, 0.25) is 0 Å². The van der Waals surface area contributed by atoms with Gasteiger partial charge in [-0.05, 0) is 44.5 Å². The molecule has 92 valence electrons. The van der Waals surface area contributed by atoms with Crippen molar-refractivity contribution in [2.75, 3.05) is 7.05 Å². The van der Waals surface area contributed by atoms with Gasteiger partial charge in [0.25, 0.3) is 0 Å². The van der Waals surface area contributed by atoms with Gasteiger partial charge in [-0.3, -0.25) is 0 Å². The van der Waals surface area contributed by atoms with E-state index in [1.54, 1.807) is 0 Å². The van der Waals surface area contributed by atoms with Crippen molar-refractivity contribution in [1.29, 1.82) is 5.26 Å². The average Bonchev–Trinajstić information content (AvgIpc) is 3.05. The second-order valence-electron chi connectivity index (χ2n) is 5.09. The van der Waals surface area contributed by atoms with E-state index in [0.29, 0.717) is 0 Å². The number of aromatic amines is 1. The molecule has 1 aromatic carbocycles. The number of nitrogens with one attached hydrogen (secondary N) is 2. The predicted molar refractivity (Wildman–Crippen MR) is 69.9 cm³/mol. The number of hydrogen-bond donors (Lipinski definition) is 2. The summed E-state index contributed by atoms with van der Waals surface area (Å²) in [6.45, 7) is 1.95. The molecule has 1 atom stereocenters. The Morgan fingerprint density at radius 2 is 2.28 bits per heavy atom. The minimum absolute atomic E-state index is 0.107. The van der Waals surface area contributed by atoms with Crippen LogP contribution < -0.4 is 5.32 Å². The van der Waals surface area contributed by atoms with Gasteiger partial charge in [0.05, 0.1) is 28.6 Å². The molecular formula is C14H16N4. The molecule has 1 aliphatic rings. The van der Waals surface area contributed by atoms with Crippen molar-refractivity contribution in [2.45, 2.75) is 25.8 Å². The lowest BCUT2D eigenvalue weighted by atomic mass is 9.91. The van der Waals surface area contributed by atoms with Crippen LogP contribution in [-0.4, -0.2) is 17.0 Å². The Kier molecular flexibility index (Phi) is 2.39. The summed E-state index contributed by atoms with van der Waals surface area (Å²) >= 11 is 0. The number of imidazole rings is 1. The van der Waals surface area contributed by atoms with Gasteiger partial charge in [0.15, 0.2) is 0 Å². The Morgan fingerprint density at radius 3 is 2.89 bits per heavy atom. The van der Waals surface area contributed by atoms with Gasteiger partial charge in [-0.1, -0.05) is 6.07 Å². The maximum absolute atomic E-state index is 9.33. The fourth-order valence-corrected chi connectivity index (χ4v) is 2.70. The Morgan fingerprint density at radius 1 is 1.50 bits per heavy atom. The summed E-state index contributed by atoms with van der Waals surface area (Å²) in [5.41, 5.74) is 2.97. The maximum Gasteiger partial charge on any atom is 0.104 e. The molecule has 1 unspecified atom stereocenters. The quantitative estimate of drug-likeness (QED) is 0.866. The molecule has 0 spiro atoms. The molecule has 18 heavy (non-hydrogen) atoms. The van der Waals surface area contributed by atoms with Crippen molar-refractivity contribution in [3.63, 3.8) is 0 Å². The minimum Gasteiger partial charge on any atom is -0.342 e. The number of H-pyrrole nitrogens is 1. The van der Waals surface area contributed by atoms with E-state index in [4.69, 9.17) is 0 Å². The van der Waals surface area contributed by atoms with Crippen molar-refractivity contribution in [1.82, 2.24) is 15.3 Å². The lowest BCUT2D eigenvalue weighted by Crippen LogP contribution is -2.25. The zero-order valence-electron chi connectivity index (χ0n) is 10.6. The van der Waals surface area contributed by atoms with Gasteiger partial charge in [0.1, 0.15) is 5.82 Å². The van der Waals surface area contributed by atoms with Crippen LogP contribution in [0.2, 0.25) is 0 Å². The van der Waals surface area contributed by atoms with Crippen molar-refractivity contribution >= 4 is 11.0 Å². The van der Waals surface area contributed by atoms with Gasteiger partial charge >= 0.3 is 0 Å². The molecular weight excluding hydrogens is 224 g/mol. The molecule has 0 amide bonds. The molecule has 4 heteroatoms. The third-order valence-electron chi connectivity index (χ3n) is 3.81. The lowest BCUT2D eigenvalue weighted by molar-refractivity contribution is 0.444. The van der Waals surface area contributed by atoms with Crippen LogP contribution in [-0.2, 0) is 0 Å². The molecule has 1 aliphatic carbocycles. The van der Waals surface area contributed by atoms with Crippen LogP contribution in [0, 0.1) is 23.7 Å². The number of hydrogen-bond acceptors (Lipinski definition) is 3. The highest BCUT2D eigenvalue weighted by atomic mass is 14.9. The van der Waals surface area contributed by atoms with Crippen LogP contribution in [0.1, 0.15) is 30.3 Å². The van der Waals surface area contributed by atoms with E-state index >= 15 is 0 Å². The molecule has 1 heterocycles. The third kappa shape index (κ3) is 1.59. The van der Waals surface area contributed by atoms with E-state index in [2.05, 4.69) is 33.5 Å². The first kappa shape index (κ1) is 11.2. The Labute approximate surface area is 106 Å². The molecule has 0 saturated heterocycles. The first-order valence-corrected chi connectivity index (χ1v) is 6.23. The number of fused-ring (bicyclic) bond motifs is 1. The predicted octanol–water partition coefficient (Wildman–Crippen LogP) is 2.44. The van der Waals surface area contributed by atoms with Gasteiger partial charge in [-0.15, -0.1) is 0 Å². The molecule has 1 saturated carbocycles. The molecule has 2 aromatic rings. The summed E-state index contributed by atoms with van der Waals surface area (Å²) < 4.78 is 0. The Balaban J connectivity index is 2.05. The van der Waals surface area contributed by atoms with E-state index in [9.17, 15) is 5.26 Å². The van der Waals surface area contributed by atoms with E-state index in [1.807, 2.05) is 20.0 Å². The third-order valence-corrected chi connectivity index (χ3v) is 3.81. The molecule has 1 fully saturated rings. The monoisotopic (exact) mass is 240 g/mol. The summed E-state index contributed by atoms with van der Waals surface area (Å²) in [5.74, 6) is 0.921. The average molecular weight is 240 g/mol. The number of benzene rings is 1. The number of nitrogens with zero attached hydrogens (tertiary/aromatic N) is 2. The van der Waals surface area contributed by atoms with E-state index in [1.165, 1.54) is 0 Å². The standard InChI is InChI=1S/C14H16N4/c1-9-17-11-4-3-10(7-12(11)18-9)13(16-2)14(8-15)5-6-14/h3-4,7,13,16H,5-6H2,1-2H3,(H,17,18). The number of aryl methyl sites for hydroxylation is 1. The molecule has 0 radical (unpaired) electrons. The van der Waals surface area contributed by atoms with Crippen molar-refractivity contribution in [2.24, 2.45) is 5.41 Å². The van der Waals surface area contributed by atoms with Crippen LogP contribution >= 0.6 is 0 Å². The van der Waals surface area contributed by atoms with Crippen LogP contribution in [0.3, 0.4) is 0 Å². The summed E-state index contributed by atoms with van der Waals surface area (Å²) in [6.07, 6.45) is 1.96. The van der Waals surface area contributed by atoms with Crippen molar-refractivity contribution in [3.8, 4) is 6.07 Å². The summed E-state index contributed by atoms with van der Waals surface area (Å²) in [4.78, 5) is 7.64. The van der Waals surface area contributed by atoms with Crippen molar-refractivity contribution < 1.29 is 0 Å². The zero-order valence-corrected chi connectivity index (χ0v) is 10.6. The number of rotatable bonds is 3. The fourth-order valence-electron chi connectivity index (χ4n) is 2.70. The highest BCUT2D eigenvalue weighted by Crippen LogP contribution is 2.54. The number of nitriles is 1. The van der Waals surface area contributed by atoms with Gasteiger partial charge < -0.3 is 10.3 Å². The maximum atomic E-state index is 9.33. The molecule has 3 rings (SSSR count). The smallest absolute Gasteiger partial charge is 0.104 e. The van der Waals surface area contributed by atoms with E-state index in [-0.39, 0.29) is 11.5 Å². The first-order chi connectivity index (χ1) is 8.68. The first-order valence-electron chi connectivity index (χ1n) is 6.23. The van der Waals surface area contributed by atoms with Crippen LogP contribution in [0.4, 0.5) is 0 Å². The van der Waals surface area contributed by atoms with Crippen LogP contribution in [0.15, 0.2) is 18.2 Å². The highest BCUT2D eigenvalue weighted by Gasteiger charge is 2.50. The molecule has 2 N–H and O–H groups in total. The molecule has 0 bridgehead atoms. The Bertz CT molecular complexity index is 631. The van der Waals surface area contributed by atoms with Crippen LogP contribution in [0.25, 0.3) is 11.0 Å². The van der Waals surface area contributed by atoms with Gasteiger partial charge in [-0.2, -0.15) is 5.26 Å². The lowest BCUT2D eigenvalue weighted by Gasteiger charge is -2.21. The second-order valence-corrected chi connectivity index (χ2v) is 5.09. The Hall–Kier alpha value is -1.86. The SMILES string of the molecule is CNC(c1ccc2nc(C)[nH]c2c1)C1(C#N)CC1. The summed E-state index contributed by atoms with van der Waals surface area (Å²) in [6, 6.07) is 8.77. The minimum atomic E-state index is -0.211. The van der Waals surface area contributed by atoms with E-state index < -0.39 is 0 Å². The molecule has 0 aliphatic heterocycles. The molecule has 1 aromatic heterocycles.